The van der Waals surface area contributed by atoms with E-state index >= 15 is 0 Å². The van der Waals surface area contributed by atoms with Gasteiger partial charge in [-0.25, -0.2) is 9.78 Å². The number of imidazole rings is 1. The van der Waals surface area contributed by atoms with Crippen molar-refractivity contribution in [3.8, 4) is 11.3 Å². The highest BCUT2D eigenvalue weighted by atomic mass is 32.1. The second kappa shape index (κ2) is 8.79. The first kappa shape index (κ1) is 21.9. The third-order valence-electron chi connectivity index (χ3n) is 6.15. The number of nitrogens with zero attached hydrogens (tertiary/aromatic N) is 3. The normalized spacial score (nSPS) is 15.7. The Hall–Kier alpha value is -3.92. The van der Waals surface area contributed by atoms with Gasteiger partial charge < -0.3 is 20.6 Å². The summed E-state index contributed by atoms with van der Waals surface area (Å²) in [6, 6.07) is 12.6. The van der Waals surface area contributed by atoms with Gasteiger partial charge in [0.05, 0.1) is 22.0 Å². The molecule has 174 valence electrons. The van der Waals surface area contributed by atoms with Crippen LogP contribution < -0.4 is 10.6 Å². The maximum Gasteiger partial charge on any atom is 0.407 e. The number of nitrogens with one attached hydrogen (secondary N) is 2. The van der Waals surface area contributed by atoms with E-state index in [-0.39, 0.29) is 17.9 Å². The van der Waals surface area contributed by atoms with Crippen LogP contribution in [0.1, 0.15) is 33.6 Å². The van der Waals surface area contributed by atoms with E-state index in [9.17, 15) is 19.5 Å². The molecule has 0 saturated carbocycles. The molecule has 3 amide bonds. The molecular formula is C24H23N5O4S. The highest BCUT2D eigenvalue weighted by Gasteiger charge is 2.28. The summed E-state index contributed by atoms with van der Waals surface area (Å²) in [6.45, 7) is 0.815. The van der Waals surface area contributed by atoms with Gasteiger partial charge in [-0.1, -0.05) is 23.5 Å². The maximum absolute atomic E-state index is 12.7. The summed E-state index contributed by atoms with van der Waals surface area (Å²) < 4.78 is 2.93. The number of hydrogen-bond donors (Lipinski definition) is 3. The number of amides is 3. The minimum Gasteiger partial charge on any atom is -0.465 e. The highest BCUT2D eigenvalue weighted by molar-refractivity contribution is 7.23. The first-order valence-corrected chi connectivity index (χ1v) is 11.8. The fraction of sp³-hybridized carbons (Fsp3) is 0.250. The number of likely N-dealkylation sites (tertiary alicyclic amines) is 1. The zero-order valence-corrected chi connectivity index (χ0v) is 19.3. The largest absolute Gasteiger partial charge is 0.465 e. The van der Waals surface area contributed by atoms with Crippen LogP contribution in [0.2, 0.25) is 0 Å². The minimum absolute atomic E-state index is 0.134. The van der Waals surface area contributed by atoms with Crippen molar-refractivity contribution in [1.82, 2.24) is 24.9 Å². The van der Waals surface area contributed by atoms with E-state index in [2.05, 4.69) is 10.6 Å². The number of hydrogen-bond acceptors (Lipinski definition) is 5. The summed E-state index contributed by atoms with van der Waals surface area (Å²) >= 11 is 1.49. The third-order valence-corrected chi connectivity index (χ3v) is 7.16. The summed E-state index contributed by atoms with van der Waals surface area (Å²) in [7, 11) is 1.60. The van der Waals surface area contributed by atoms with Crippen molar-refractivity contribution in [2.24, 2.45) is 0 Å². The lowest BCUT2D eigenvalue weighted by atomic mass is 10.1. The summed E-state index contributed by atoms with van der Waals surface area (Å²) in [5.41, 5.74) is 3.78. The van der Waals surface area contributed by atoms with E-state index in [1.54, 1.807) is 25.2 Å². The molecule has 4 aromatic rings. The molecule has 1 saturated heterocycles. The van der Waals surface area contributed by atoms with Gasteiger partial charge in [0.2, 0.25) is 0 Å². The van der Waals surface area contributed by atoms with Crippen LogP contribution in [0, 0.1) is 0 Å². The van der Waals surface area contributed by atoms with Crippen LogP contribution in [-0.2, 0) is 0 Å². The summed E-state index contributed by atoms with van der Waals surface area (Å²) in [6.07, 6.45) is 2.57. The van der Waals surface area contributed by atoms with Crippen LogP contribution in [0.3, 0.4) is 0 Å². The van der Waals surface area contributed by atoms with E-state index in [1.165, 1.54) is 16.2 Å². The zero-order chi connectivity index (χ0) is 23.8. The molecular weight excluding hydrogens is 454 g/mol. The fourth-order valence-electron chi connectivity index (χ4n) is 4.33. The number of benzene rings is 2. The predicted molar refractivity (Wildman–Crippen MR) is 129 cm³/mol. The Morgan fingerprint density at radius 1 is 1.12 bits per heavy atom. The van der Waals surface area contributed by atoms with Gasteiger partial charge in [0.25, 0.3) is 11.8 Å². The van der Waals surface area contributed by atoms with Crippen molar-refractivity contribution in [3.63, 3.8) is 0 Å². The Kier molecular flexibility index (Phi) is 5.66. The summed E-state index contributed by atoms with van der Waals surface area (Å²) in [5.74, 6) is -0.354. The monoisotopic (exact) mass is 477 g/mol. The van der Waals surface area contributed by atoms with Gasteiger partial charge in [-0.15, -0.1) is 0 Å². The van der Waals surface area contributed by atoms with Gasteiger partial charge in [0.1, 0.15) is 0 Å². The van der Waals surface area contributed by atoms with Crippen LogP contribution in [0.25, 0.3) is 26.4 Å². The predicted octanol–water partition coefficient (Wildman–Crippen LogP) is 3.45. The smallest absolute Gasteiger partial charge is 0.407 e. The lowest BCUT2D eigenvalue weighted by Gasteiger charge is -2.21. The summed E-state index contributed by atoms with van der Waals surface area (Å²) in [5, 5.41) is 14.7. The van der Waals surface area contributed by atoms with Crippen LogP contribution in [-0.4, -0.2) is 63.5 Å². The standard InChI is InChI=1S/C24H23N5O4S/c1-25-21(30)15-6-4-14(5-7-15)18-13-29-19-9-8-16(11-20(19)34-23(29)27-18)22(31)26-12-17-3-2-10-28(17)24(32)33/h4-9,11,13,17H,2-3,10,12H2,1H3,(H,25,30)(H,26,31)(H,32,33). The van der Waals surface area contributed by atoms with Crippen molar-refractivity contribution in [3.05, 3.63) is 59.8 Å². The molecule has 0 spiro atoms. The number of thiazole rings is 1. The molecule has 9 nitrogen and oxygen atoms in total. The average molecular weight is 478 g/mol. The highest BCUT2D eigenvalue weighted by Crippen LogP contribution is 2.30. The number of aromatic nitrogens is 2. The Bertz CT molecular complexity index is 1410. The van der Waals surface area contributed by atoms with Gasteiger partial charge >= 0.3 is 6.09 Å². The van der Waals surface area contributed by atoms with E-state index in [4.69, 9.17) is 4.98 Å². The third kappa shape index (κ3) is 3.96. The van der Waals surface area contributed by atoms with Gasteiger partial charge in [0, 0.05) is 43.0 Å². The Labute approximate surface area is 199 Å². The van der Waals surface area contributed by atoms with E-state index in [0.717, 1.165) is 39.3 Å². The minimum atomic E-state index is -0.943. The Morgan fingerprint density at radius 3 is 2.62 bits per heavy atom. The number of carboxylic acid groups (broad SMARTS) is 1. The lowest BCUT2D eigenvalue weighted by Crippen LogP contribution is -2.42. The SMILES string of the molecule is CNC(=O)c1ccc(-c2cn3c(n2)sc2cc(C(=O)NCC4CCCN4C(=O)O)ccc23)cc1. The number of fused-ring (bicyclic) bond motifs is 3. The Morgan fingerprint density at radius 2 is 1.88 bits per heavy atom. The second-order valence-corrected chi connectivity index (χ2v) is 9.21. The van der Waals surface area contributed by atoms with E-state index in [0.29, 0.717) is 24.2 Å². The molecule has 10 heteroatoms. The van der Waals surface area contributed by atoms with E-state index < -0.39 is 6.09 Å². The van der Waals surface area contributed by atoms with Gasteiger partial charge in [-0.05, 0) is 43.2 Å². The number of carbonyl (C=O) groups excluding carboxylic acids is 2. The van der Waals surface area contributed by atoms with Crippen molar-refractivity contribution in [2.45, 2.75) is 18.9 Å². The molecule has 3 heterocycles. The quantitative estimate of drug-likeness (QED) is 0.407. The molecule has 3 N–H and O–H groups in total. The molecule has 1 fully saturated rings. The molecule has 1 aliphatic heterocycles. The molecule has 1 aliphatic rings. The van der Waals surface area contributed by atoms with Crippen molar-refractivity contribution < 1.29 is 19.5 Å². The zero-order valence-electron chi connectivity index (χ0n) is 18.4. The first-order chi connectivity index (χ1) is 16.4. The van der Waals surface area contributed by atoms with Crippen LogP contribution >= 0.6 is 11.3 Å². The first-order valence-electron chi connectivity index (χ1n) is 11.0. The fourth-order valence-corrected chi connectivity index (χ4v) is 5.38. The summed E-state index contributed by atoms with van der Waals surface area (Å²) in [4.78, 5) is 42.6. The molecule has 2 aromatic heterocycles. The Balaban J connectivity index is 1.34. The number of carbonyl (C=O) groups is 3. The van der Waals surface area contributed by atoms with Crippen molar-refractivity contribution in [2.75, 3.05) is 20.1 Å². The van der Waals surface area contributed by atoms with Gasteiger partial charge in [0.15, 0.2) is 4.96 Å². The topological polar surface area (TPSA) is 116 Å². The average Bonchev–Trinajstić information content (AvgIpc) is 3.56. The van der Waals surface area contributed by atoms with Crippen molar-refractivity contribution >= 4 is 44.4 Å². The van der Waals surface area contributed by atoms with Gasteiger partial charge in [-0.3, -0.25) is 14.0 Å². The van der Waals surface area contributed by atoms with Crippen LogP contribution in [0.5, 0.6) is 0 Å². The molecule has 2 aromatic carbocycles. The molecule has 1 unspecified atom stereocenters. The molecule has 0 aliphatic carbocycles. The van der Waals surface area contributed by atoms with Crippen LogP contribution in [0.15, 0.2) is 48.7 Å². The number of rotatable bonds is 5. The maximum atomic E-state index is 12.7. The molecule has 0 radical (unpaired) electrons. The lowest BCUT2D eigenvalue weighted by molar-refractivity contribution is 0.0933. The van der Waals surface area contributed by atoms with Gasteiger partial charge in [-0.2, -0.15) is 0 Å². The second-order valence-electron chi connectivity index (χ2n) is 8.20. The van der Waals surface area contributed by atoms with E-state index in [1.807, 2.05) is 34.9 Å². The van der Waals surface area contributed by atoms with Crippen molar-refractivity contribution in [1.29, 1.82) is 0 Å². The molecule has 5 rings (SSSR count). The molecule has 0 bridgehead atoms. The molecule has 1 atom stereocenters. The molecule has 34 heavy (non-hydrogen) atoms. The van der Waals surface area contributed by atoms with Crippen LogP contribution in [0.4, 0.5) is 4.79 Å².